The first kappa shape index (κ1) is 21.6. The number of sulfonamides is 1. The van der Waals surface area contributed by atoms with Crippen LogP contribution in [0.5, 0.6) is 0 Å². The van der Waals surface area contributed by atoms with Crippen molar-refractivity contribution in [1.29, 1.82) is 0 Å². The van der Waals surface area contributed by atoms with E-state index in [2.05, 4.69) is 11.6 Å². The Morgan fingerprint density at radius 1 is 1.21 bits per heavy atom. The summed E-state index contributed by atoms with van der Waals surface area (Å²) in [6.07, 6.45) is 1.79. The Kier molecular flexibility index (Phi) is 5.96. The minimum absolute atomic E-state index is 0.0541. The van der Waals surface area contributed by atoms with Crippen molar-refractivity contribution < 1.29 is 17.6 Å². The van der Waals surface area contributed by atoms with E-state index in [9.17, 15) is 17.6 Å². The average molecular weight is 442 g/mol. The van der Waals surface area contributed by atoms with Crippen LogP contribution in [0.25, 0.3) is 0 Å². The van der Waals surface area contributed by atoms with Crippen molar-refractivity contribution in [2.75, 3.05) is 17.8 Å². The maximum atomic E-state index is 13.4. The first-order valence-electron chi connectivity index (χ1n) is 9.46. The summed E-state index contributed by atoms with van der Waals surface area (Å²) in [5.74, 6) is -0.377. The van der Waals surface area contributed by atoms with Crippen molar-refractivity contribution in [2.24, 2.45) is 13.0 Å². The number of carbonyl (C=O) groups excluding carboxylic acids is 1. The summed E-state index contributed by atoms with van der Waals surface area (Å²) >= 11 is 5.77. The summed E-state index contributed by atoms with van der Waals surface area (Å²) in [4.78, 5) is 14.9. The van der Waals surface area contributed by atoms with E-state index in [1.807, 2.05) is 0 Å². The van der Waals surface area contributed by atoms with Gasteiger partial charge < -0.3 is 9.47 Å². The third-order valence-corrected chi connectivity index (χ3v) is 7.48. The number of anilines is 1. The molecule has 0 unspecified atom stereocenters. The molecule has 158 valence electrons. The SMILES string of the molecule is Cc1c(C(=O)N2CCC(C)CC2)c(S(=O)(=O)Nc2ccc(F)c(Cl)c2)c(C)n1C. The van der Waals surface area contributed by atoms with Crippen LogP contribution in [0.1, 0.15) is 41.5 Å². The molecule has 2 aromatic rings. The molecule has 6 nitrogen and oxygen atoms in total. The van der Waals surface area contributed by atoms with Crippen LogP contribution in [0, 0.1) is 25.6 Å². The van der Waals surface area contributed by atoms with Gasteiger partial charge in [0.1, 0.15) is 10.7 Å². The molecular formula is C20H25ClFN3O3S. The second-order valence-corrected chi connectivity index (χ2v) is 9.67. The van der Waals surface area contributed by atoms with Crippen LogP contribution in [0.4, 0.5) is 10.1 Å². The van der Waals surface area contributed by atoms with E-state index < -0.39 is 15.8 Å². The highest BCUT2D eigenvalue weighted by Gasteiger charge is 2.34. The van der Waals surface area contributed by atoms with Gasteiger partial charge in [-0.3, -0.25) is 9.52 Å². The van der Waals surface area contributed by atoms with Crippen molar-refractivity contribution >= 4 is 33.2 Å². The largest absolute Gasteiger partial charge is 0.350 e. The molecule has 29 heavy (non-hydrogen) atoms. The molecule has 3 rings (SSSR count). The van der Waals surface area contributed by atoms with Gasteiger partial charge in [-0.2, -0.15) is 0 Å². The maximum absolute atomic E-state index is 13.4. The first-order valence-corrected chi connectivity index (χ1v) is 11.3. The van der Waals surface area contributed by atoms with Gasteiger partial charge in [0.25, 0.3) is 15.9 Å². The number of amides is 1. The minimum atomic E-state index is -4.10. The Hall–Kier alpha value is -2.06. The fraction of sp³-hybridized carbons (Fsp3) is 0.450. The molecule has 0 atom stereocenters. The van der Waals surface area contributed by atoms with Gasteiger partial charge in [0.15, 0.2) is 0 Å². The standard InChI is InChI=1S/C20H25ClFN3O3S/c1-12-7-9-25(10-8-12)20(26)18-13(2)24(4)14(3)19(18)29(27,28)23-15-5-6-17(22)16(21)11-15/h5-6,11-12,23H,7-10H2,1-4H3. The Morgan fingerprint density at radius 2 is 1.83 bits per heavy atom. The number of benzene rings is 1. The highest BCUT2D eigenvalue weighted by atomic mass is 35.5. The van der Waals surface area contributed by atoms with Crippen LogP contribution in [0.2, 0.25) is 5.02 Å². The van der Waals surface area contributed by atoms with Gasteiger partial charge in [-0.1, -0.05) is 18.5 Å². The van der Waals surface area contributed by atoms with Crippen molar-refractivity contribution in [2.45, 2.75) is 38.5 Å². The molecule has 1 aliphatic heterocycles. The third-order valence-electron chi connectivity index (χ3n) is 5.65. The van der Waals surface area contributed by atoms with Gasteiger partial charge in [-0.05, 0) is 50.8 Å². The maximum Gasteiger partial charge on any atom is 0.264 e. The van der Waals surface area contributed by atoms with Gasteiger partial charge in [-0.25, -0.2) is 12.8 Å². The summed E-state index contributed by atoms with van der Waals surface area (Å²) in [6.45, 7) is 6.75. The third kappa shape index (κ3) is 4.14. The van der Waals surface area contributed by atoms with Gasteiger partial charge in [0.2, 0.25) is 0 Å². The number of aromatic nitrogens is 1. The number of rotatable bonds is 4. The number of nitrogens with one attached hydrogen (secondary N) is 1. The Balaban J connectivity index is 2.03. The van der Waals surface area contributed by atoms with Gasteiger partial charge in [0, 0.05) is 31.5 Å². The number of hydrogen-bond donors (Lipinski definition) is 1. The molecular weight excluding hydrogens is 417 g/mol. The van der Waals surface area contributed by atoms with Gasteiger partial charge in [-0.15, -0.1) is 0 Å². The summed E-state index contributed by atoms with van der Waals surface area (Å²) in [6, 6.07) is 3.58. The first-order chi connectivity index (χ1) is 13.5. The zero-order valence-corrected chi connectivity index (χ0v) is 18.5. The second kappa shape index (κ2) is 7.99. The summed E-state index contributed by atoms with van der Waals surface area (Å²) in [7, 11) is -2.37. The molecule has 0 aliphatic carbocycles. The highest BCUT2D eigenvalue weighted by molar-refractivity contribution is 7.92. The lowest BCUT2D eigenvalue weighted by molar-refractivity contribution is 0.0692. The molecule has 1 aliphatic rings. The van der Waals surface area contributed by atoms with Crippen LogP contribution in [-0.2, 0) is 17.1 Å². The number of piperidine rings is 1. The topological polar surface area (TPSA) is 71.4 Å². The smallest absolute Gasteiger partial charge is 0.264 e. The quantitative estimate of drug-likeness (QED) is 0.776. The fourth-order valence-electron chi connectivity index (χ4n) is 3.63. The van der Waals surface area contributed by atoms with Crippen LogP contribution < -0.4 is 4.72 Å². The number of hydrogen-bond acceptors (Lipinski definition) is 3. The molecule has 0 spiro atoms. The second-order valence-electron chi connectivity index (χ2n) is 7.64. The van der Waals surface area contributed by atoms with Crippen molar-refractivity contribution in [3.05, 3.63) is 46.0 Å². The predicted molar refractivity (Wildman–Crippen MR) is 111 cm³/mol. The minimum Gasteiger partial charge on any atom is -0.350 e. The van der Waals surface area contributed by atoms with E-state index in [0.717, 1.165) is 18.9 Å². The number of halogens is 2. The van der Waals surface area contributed by atoms with Crippen LogP contribution in [0.15, 0.2) is 23.1 Å². The summed E-state index contributed by atoms with van der Waals surface area (Å²) < 4.78 is 44.0. The van der Waals surface area contributed by atoms with Crippen molar-refractivity contribution in [1.82, 2.24) is 9.47 Å². The number of carbonyl (C=O) groups is 1. The monoisotopic (exact) mass is 441 g/mol. The Bertz CT molecular complexity index is 1060. The molecule has 9 heteroatoms. The van der Waals surface area contributed by atoms with E-state index in [1.54, 1.807) is 30.4 Å². The van der Waals surface area contributed by atoms with Gasteiger partial charge >= 0.3 is 0 Å². The lowest BCUT2D eigenvalue weighted by atomic mass is 9.98. The summed E-state index contributed by atoms with van der Waals surface area (Å²) in [5, 5.41) is -0.190. The average Bonchev–Trinajstić information content (AvgIpc) is 2.89. The molecule has 0 saturated carbocycles. The summed E-state index contributed by atoms with van der Waals surface area (Å²) in [5.41, 5.74) is 1.35. The normalized spacial score (nSPS) is 15.6. The van der Waals surface area contributed by atoms with Crippen LogP contribution >= 0.6 is 11.6 Å². The van der Waals surface area contributed by atoms with E-state index in [0.29, 0.717) is 30.4 Å². The zero-order valence-electron chi connectivity index (χ0n) is 16.9. The lowest BCUT2D eigenvalue weighted by Gasteiger charge is -2.30. The molecule has 0 radical (unpaired) electrons. The van der Waals surface area contributed by atoms with E-state index in [4.69, 9.17) is 11.6 Å². The number of nitrogens with zero attached hydrogens (tertiary/aromatic N) is 2. The predicted octanol–water partition coefficient (Wildman–Crippen LogP) is 4.11. The molecule has 1 N–H and O–H groups in total. The molecule has 1 saturated heterocycles. The molecule has 1 aromatic carbocycles. The Morgan fingerprint density at radius 3 is 2.41 bits per heavy atom. The Labute approximate surface area is 175 Å². The van der Waals surface area contributed by atoms with E-state index >= 15 is 0 Å². The van der Waals surface area contributed by atoms with Crippen molar-refractivity contribution in [3.63, 3.8) is 0 Å². The molecule has 1 aromatic heterocycles. The number of likely N-dealkylation sites (tertiary alicyclic amines) is 1. The van der Waals surface area contributed by atoms with E-state index in [1.165, 1.54) is 12.1 Å². The lowest BCUT2D eigenvalue weighted by Crippen LogP contribution is -2.38. The fourth-order valence-corrected chi connectivity index (χ4v) is 5.38. The van der Waals surface area contributed by atoms with Crippen LogP contribution in [0.3, 0.4) is 0 Å². The molecule has 0 bridgehead atoms. The zero-order chi connectivity index (χ0) is 21.5. The molecule has 1 amide bonds. The van der Waals surface area contributed by atoms with Crippen LogP contribution in [-0.4, -0.2) is 36.9 Å². The molecule has 1 fully saturated rings. The highest BCUT2D eigenvalue weighted by Crippen LogP contribution is 2.31. The van der Waals surface area contributed by atoms with Crippen molar-refractivity contribution in [3.8, 4) is 0 Å². The molecule has 2 heterocycles. The van der Waals surface area contributed by atoms with E-state index in [-0.39, 0.29) is 27.1 Å². The van der Waals surface area contributed by atoms with Gasteiger partial charge in [0.05, 0.1) is 16.3 Å².